The Kier molecular flexibility index (Phi) is 8.23. The first-order chi connectivity index (χ1) is 13.6. The van der Waals surface area contributed by atoms with Crippen LogP contribution in [0.5, 0.6) is 0 Å². The summed E-state index contributed by atoms with van der Waals surface area (Å²) < 4.78 is 0.744. The maximum absolute atomic E-state index is 13.2. The van der Waals surface area contributed by atoms with Crippen molar-refractivity contribution in [3.8, 4) is 0 Å². The van der Waals surface area contributed by atoms with E-state index in [1.54, 1.807) is 17.8 Å². The van der Waals surface area contributed by atoms with E-state index in [4.69, 9.17) is 0 Å². The second kappa shape index (κ2) is 10.6. The third-order valence-corrected chi connectivity index (χ3v) is 7.14. The van der Waals surface area contributed by atoms with Crippen LogP contribution in [0.25, 0.3) is 0 Å². The third-order valence-electron chi connectivity index (χ3n) is 5.80. The fourth-order valence-electron chi connectivity index (χ4n) is 4.17. The molecule has 2 amide bonds. The van der Waals surface area contributed by atoms with E-state index < -0.39 is 6.04 Å². The average molecular weight is 468 g/mol. The lowest BCUT2D eigenvalue weighted by molar-refractivity contribution is -0.135. The van der Waals surface area contributed by atoms with Gasteiger partial charge in [-0.1, -0.05) is 25.0 Å². The van der Waals surface area contributed by atoms with Gasteiger partial charge in [0.15, 0.2) is 0 Å². The molecule has 3 rings (SSSR count). The van der Waals surface area contributed by atoms with Crippen LogP contribution in [0.4, 0.5) is 0 Å². The Labute approximate surface area is 180 Å². The second-order valence-corrected chi connectivity index (χ2v) is 9.43. The molecular formula is C21H30BrN3O2S. The van der Waals surface area contributed by atoms with Gasteiger partial charge in [0.1, 0.15) is 6.04 Å². The quantitative estimate of drug-likeness (QED) is 0.667. The molecule has 1 aliphatic heterocycles. The first-order valence-corrected chi connectivity index (χ1v) is 12.4. The van der Waals surface area contributed by atoms with Crippen LogP contribution in [-0.4, -0.2) is 71.9 Å². The van der Waals surface area contributed by atoms with Crippen molar-refractivity contribution >= 4 is 39.5 Å². The van der Waals surface area contributed by atoms with Crippen molar-refractivity contribution in [1.82, 2.24) is 15.1 Å². The van der Waals surface area contributed by atoms with Crippen LogP contribution in [0, 0.1) is 0 Å². The number of halogens is 1. The van der Waals surface area contributed by atoms with E-state index in [-0.39, 0.29) is 11.8 Å². The molecule has 2 fully saturated rings. The van der Waals surface area contributed by atoms with Crippen molar-refractivity contribution in [2.45, 2.75) is 44.2 Å². The Balaban J connectivity index is 1.60. The molecule has 1 atom stereocenters. The van der Waals surface area contributed by atoms with Gasteiger partial charge in [0.2, 0.25) is 5.91 Å². The van der Waals surface area contributed by atoms with Crippen LogP contribution in [0.1, 0.15) is 42.5 Å². The zero-order valence-electron chi connectivity index (χ0n) is 16.5. The number of nitrogens with zero attached hydrogens (tertiary/aromatic N) is 2. The molecule has 1 saturated carbocycles. The molecule has 1 saturated heterocycles. The summed E-state index contributed by atoms with van der Waals surface area (Å²) >= 11 is 5.12. The van der Waals surface area contributed by atoms with Crippen molar-refractivity contribution in [3.63, 3.8) is 0 Å². The standard InChI is InChI=1S/C21H30BrN3O2S/c1-28-15-10-19(23-20(26)17-8-4-5-9-18(17)22)21(27)25-13-11-24(12-14-25)16-6-2-3-7-16/h4-5,8-9,16,19H,2-3,6-7,10-15H2,1H3,(H,23,26). The molecule has 1 aromatic rings. The average Bonchev–Trinajstić information content (AvgIpc) is 3.26. The lowest BCUT2D eigenvalue weighted by Gasteiger charge is -2.39. The molecule has 1 heterocycles. The SMILES string of the molecule is CSCCC(NC(=O)c1ccccc1Br)C(=O)N1CCN(C2CCCC2)CC1. The van der Waals surface area contributed by atoms with Gasteiger partial charge in [0.25, 0.3) is 5.91 Å². The van der Waals surface area contributed by atoms with E-state index >= 15 is 0 Å². The molecular weight excluding hydrogens is 438 g/mol. The summed E-state index contributed by atoms with van der Waals surface area (Å²) in [5, 5.41) is 2.99. The smallest absolute Gasteiger partial charge is 0.253 e. The number of benzene rings is 1. The zero-order chi connectivity index (χ0) is 19.9. The minimum absolute atomic E-state index is 0.0560. The highest BCUT2D eigenvalue weighted by Crippen LogP contribution is 2.24. The summed E-state index contributed by atoms with van der Waals surface area (Å²) in [6.07, 6.45) is 7.94. The molecule has 2 aliphatic rings. The number of rotatable bonds is 7. The largest absolute Gasteiger partial charge is 0.340 e. The van der Waals surface area contributed by atoms with Gasteiger partial charge in [-0.3, -0.25) is 14.5 Å². The van der Waals surface area contributed by atoms with Gasteiger partial charge in [-0.15, -0.1) is 0 Å². The molecule has 154 valence electrons. The van der Waals surface area contributed by atoms with E-state index in [1.165, 1.54) is 25.7 Å². The van der Waals surface area contributed by atoms with Crippen molar-refractivity contribution in [3.05, 3.63) is 34.3 Å². The number of hydrogen-bond acceptors (Lipinski definition) is 4. The Morgan fingerprint density at radius 3 is 2.50 bits per heavy atom. The summed E-state index contributed by atoms with van der Waals surface area (Å²) in [5.74, 6) is 0.700. The fourth-order valence-corrected chi connectivity index (χ4v) is 5.11. The Morgan fingerprint density at radius 2 is 1.86 bits per heavy atom. The van der Waals surface area contributed by atoms with Crippen LogP contribution in [0.3, 0.4) is 0 Å². The van der Waals surface area contributed by atoms with Crippen molar-refractivity contribution < 1.29 is 9.59 Å². The number of amides is 2. The highest BCUT2D eigenvalue weighted by Gasteiger charge is 2.31. The van der Waals surface area contributed by atoms with Crippen LogP contribution in [0.2, 0.25) is 0 Å². The molecule has 1 aromatic carbocycles. The molecule has 1 unspecified atom stereocenters. The molecule has 28 heavy (non-hydrogen) atoms. The van der Waals surface area contributed by atoms with Gasteiger partial charge in [0, 0.05) is 36.7 Å². The maximum Gasteiger partial charge on any atom is 0.253 e. The molecule has 1 aliphatic carbocycles. The van der Waals surface area contributed by atoms with Gasteiger partial charge >= 0.3 is 0 Å². The first kappa shape index (κ1) is 21.7. The lowest BCUT2D eigenvalue weighted by atomic mass is 10.1. The Hall–Kier alpha value is -1.05. The molecule has 0 aromatic heterocycles. The van der Waals surface area contributed by atoms with E-state index in [9.17, 15) is 9.59 Å². The van der Waals surface area contributed by atoms with Crippen LogP contribution in [-0.2, 0) is 4.79 Å². The van der Waals surface area contributed by atoms with Gasteiger partial charge in [-0.05, 0) is 59.3 Å². The molecule has 0 bridgehead atoms. The van der Waals surface area contributed by atoms with Gasteiger partial charge < -0.3 is 10.2 Å². The van der Waals surface area contributed by atoms with E-state index in [1.807, 2.05) is 29.4 Å². The predicted octanol–water partition coefficient (Wildman–Crippen LogP) is 3.39. The normalized spacial score (nSPS) is 19.6. The highest BCUT2D eigenvalue weighted by molar-refractivity contribution is 9.10. The summed E-state index contributed by atoms with van der Waals surface area (Å²) in [5.41, 5.74) is 0.565. The number of thioether (sulfide) groups is 1. The summed E-state index contributed by atoms with van der Waals surface area (Å²) in [6.45, 7) is 3.42. The monoisotopic (exact) mass is 467 g/mol. The molecule has 5 nitrogen and oxygen atoms in total. The van der Waals surface area contributed by atoms with Crippen LogP contribution < -0.4 is 5.32 Å². The Morgan fingerprint density at radius 1 is 1.18 bits per heavy atom. The zero-order valence-corrected chi connectivity index (χ0v) is 18.9. The first-order valence-electron chi connectivity index (χ1n) is 10.2. The van der Waals surface area contributed by atoms with Crippen molar-refractivity contribution in [2.24, 2.45) is 0 Å². The van der Waals surface area contributed by atoms with E-state index in [0.717, 1.165) is 36.4 Å². The number of piperazine rings is 1. The fraction of sp³-hybridized carbons (Fsp3) is 0.619. The van der Waals surface area contributed by atoms with E-state index in [0.29, 0.717) is 18.0 Å². The number of hydrogen-bond donors (Lipinski definition) is 1. The number of carbonyl (C=O) groups excluding carboxylic acids is 2. The molecule has 0 radical (unpaired) electrons. The van der Waals surface area contributed by atoms with E-state index in [2.05, 4.69) is 26.1 Å². The van der Waals surface area contributed by atoms with Gasteiger partial charge in [-0.25, -0.2) is 0 Å². The molecule has 1 N–H and O–H groups in total. The summed E-state index contributed by atoms with van der Waals surface area (Å²) in [4.78, 5) is 30.4. The number of carbonyl (C=O) groups is 2. The minimum Gasteiger partial charge on any atom is -0.340 e. The minimum atomic E-state index is -0.468. The maximum atomic E-state index is 13.2. The van der Waals surface area contributed by atoms with Crippen LogP contribution >= 0.6 is 27.7 Å². The molecule has 0 spiro atoms. The van der Waals surface area contributed by atoms with Gasteiger partial charge in [0.05, 0.1) is 5.56 Å². The molecule has 7 heteroatoms. The topological polar surface area (TPSA) is 52.7 Å². The van der Waals surface area contributed by atoms with Crippen LogP contribution in [0.15, 0.2) is 28.7 Å². The summed E-state index contributed by atoms with van der Waals surface area (Å²) in [6, 6.07) is 7.57. The number of nitrogens with one attached hydrogen (secondary N) is 1. The Bertz CT molecular complexity index is 673. The third kappa shape index (κ3) is 5.51. The summed E-state index contributed by atoms with van der Waals surface area (Å²) in [7, 11) is 0. The highest BCUT2D eigenvalue weighted by atomic mass is 79.9. The second-order valence-electron chi connectivity index (χ2n) is 7.59. The van der Waals surface area contributed by atoms with Crippen molar-refractivity contribution in [1.29, 1.82) is 0 Å². The lowest BCUT2D eigenvalue weighted by Crippen LogP contribution is -2.56. The van der Waals surface area contributed by atoms with Gasteiger partial charge in [-0.2, -0.15) is 11.8 Å². The van der Waals surface area contributed by atoms with Crippen molar-refractivity contribution in [2.75, 3.05) is 38.2 Å². The predicted molar refractivity (Wildman–Crippen MR) is 119 cm³/mol.